The van der Waals surface area contributed by atoms with Gasteiger partial charge in [-0.05, 0) is 78.4 Å². The molecular weight excluding hydrogens is 620 g/mol. The summed E-state index contributed by atoms with van der Waals surface area (Å²) in [7, 11) is 4.72. The van der Waals surface area contributed by atoms with Crippen LogP contribution in [0.2, 0.25) is 0 Å². The highest BCUT2D eigenvalue weighted by atomic mass is 19.1. The van der Waals surface area contributed by atoms with Crippen molar-refractivity contribution in [2.45, 2.75) is 64.3 Å². The average molecular weight is 670 g/mol. The van der Waals surface area contributed by atoms with E-state index in [1.54, 1.807) is 44.4 Å². The molecule has 0 aliphatic heterocycles. The molecule has 0 saturated carbocycles. The summed E-state index contributed by atoms with van der Waals surface area (Å²) in [5.74, 6) is -1.56. The summed E-state index contributed by atoms with van der Waals surface area (Å²) < 4.78 is 44.3. The van der Waals surface area contributed by atoms with Crippen molar-refractivity contribution >= 4 is 11.8 Å². The second-order valence-corrected chi connectivity index (χ2v) is 11.8. The first-order valence-corrected chi connectivity index (χ1v) is 16.3. The van der Waals surface area contributed by atoms with Crippen LogP contribution in [0, 0.1) is 11.6 Å². The summed E-state index contributed by atoms with van der Waals surface area (Å²) in [5.41, 5.74) is 2.46. The minimum Gasteiger partial charge on any atom is -0.497 e. The monoisotopic (exact) mass is 669 g/mol. The number of carbonyl (C=O) groups excluding carboxylic acids is 2. The summed E-state index contributed by atoms with van der Waals surface area (Å²) in [6.45, 7) is 5.94. The van der Waals surface area contributed by atoms with E-state index in [2.05, 4.69) is 10.6 Å². The van der Waals surface area contributed by atoms with Crippen LogP contribution in [0.1, 0.15) is 64.1 Å². The molecule has 0 saturated heterocycles. The molecule has 0 aromatic heterocycles. The van der Waals surface area contributed by atoms with Crippen LogP contribution in [0.15, 0.2) is 60.7 Å². The molecule has 2 amide bonds. The third-order valence-electron chi connectivity index (χ3n) is 7.90. The van der Waals surface area contributed by atoms with E-state index in [1.807, 2.05) is 38.1 Å². The van der Waals surface area contributed by atoms with Crippen molar-refractivity contribution in [3.63, 3.8) is 0 Å². The number of nitrogens with zero attached hydrogens (tertiary/aromatic N) is 1. The molecule has 0 aliphatic rings. The summed E-state index contributed by atoms with van der Waals surface area (Å²) in [5, 5.41) is 17.4. The normalized spacial score (nSPS) is 13.1. The van der Waals surface area contributed by atoms with E-state index in [-0.39, 0.29) is 36.1 Å². The fourth-order valence-corrected chi connectivity index (χ4v) is 5.57. The Balaban J connectivity index is 1.92. The molecule has 3 aromatic carbocycles. The van der Waals surface area contributed by atoms with Gasteiger partial charge >= 0.3 is 0 Å². The van der Waals surface area contributed by atoms with E-state index < -0.39 is 29.7 Å². The molecule has 0 spiro atoms. The Morgan fingerprint density at radius 3 is 2.15 bits per heavy atom. The van der Waals surface area contributed by atoms with E-state index in [4.69, 9.17) is 14.2 Å². The zero-order valence-corrected chi connectivity index (χ0v) is 28.6. The van der Waals surface area contributed by atoms with Crippen molar-refractivity contribution in [3.05, 3.63) is 100 Å². The number of benzene rings is 3. The number of methoxy groups -OCH3 is 3. The van der Waals surface area contributed by atoms with Crippen LogP contribution < -0.4 is 15.4 Å². The fourth-order valence-electron chi connectivity index (χ4n) is 5.57. The van der Waals surface area contributed by atoms with Crippen molar-refractivity contribution in [2.75, 3.05) is 47.6 Å². The van der Waals surface area contributed by atoms with E-state index in [0.717, 1.165) is 24.5 Å². The van der Waals surface area contributed by atoms with Gasteiger partial charge in [0.15, 0.2) is 0 Å². The Morgan fingerprint density at radius 2 is 1.52 bits per heavy atom. The van der Waals surface area contributed by atoms with Gasteiger partial charge < -0.3 is 34.9 Å². The van der Waals surface area contributed by atoms with Gasteiger partial charge in [-0.15, -0.1) is 0 Å². The van der Waals surface area contributed by atoms with Gasteiger partial charge in [-0.2, -0.15) is 0 Å². The number of hydrogen-bond donors (Lipinski definition) is 3. The number of amides is 2. The molecule has 3 N–H and O–H groups in total. The first kappa shape index (κ1) is 38.5. The maximum atomic E-state index is 14.1. The lowest BCUT2D eigenvalue weighted by Gasteiger charge is -2.26. The van der Waals surface area contributed by atoms with E-state index in [9.17, 15) is 23.5 Å². The van der Waals surface area contributed by atoms with Crippen LogP contribution in [-0.4, -0.2) is 87.6 Å². The zero-order chi connectivity index (χ0) is 35.1. The highest BCUT2D eigenvalue weighted by Gasteiger charge is 2.25. The van der Waals surface area contributed by atoms with Gasteiger partial charge in [0.25, 0.3) is 11.8 Å². The Bertz CT molecular complexity index is 1450. The van der Waals surface area contributed by atoms with Crippen LogP contribution in [0.25, 0.3) is 0 Å². The number of hydrogen-bond acceptors (Lipinski definition) is 7. The molecule has 3 atom stereocenters. The molecule has 262 valence electrons. The largest absolute Gasteiger partial charge is 0.497 e. The molecule has 3 rings (SSSR count). The first-order valence-electron chi connectivity index (χ1n) is 16.3. The van der Waals surface area contributed by atoms with E-state index in [1.165, 1.54) is 12.1 Å². The Kier molecular flexibility index (Phi) is 15.9. The number of nitrogens with one attached hydrogen (secondary N) is 2. The van der Waals surface area contributed by atoms with Gasteiger partial charge in [-0.25, -0.2) is 8.78 Å². The predicted octanol–water partition coefficient (Wildman–Crippen LogP) is 4.93. The van der Waals surface area contributed by atoms with Crippen LogP contribution in [-0.2, 0) is 28.9 Å². The van der Waals surface area contributed by atoms with Crippen molar-refractivity contribution in [3.8, 4) is 5.75 Å². The van der Waals surface area contributed by atoms with E-state index in [0.29, 0.717) is 49.5 Å². The minimum absolute atomic E-state index is 0.0474. The van der Waals surface area contributed by atoms with Gasteiger partial charge in [0.2, 0.25) is 0 Å². The SMILES string of the molecule is CCCN(CCC)C(=O)c1cc(CC(COC)OC)cc(C(=O)N[C@@H](Cc2cc(F)cc(F)c2)[C@H](O)CNCc2cccc(OC)c2)c1. The highest BCUT2D eigenvalue weighted by molar-refractivity contribution is 6.00. The van der Waals surface area contributed by atoms with Crippen LogP contribution in [0.5, 0.6) is 5.75 Å². The lowest BCUT2D eigenvalue weighted by molar-refractivity contribution is 0.0289. The number of rotatable bonds is 20. The Hall–Kier alpha value is -3.90. The molecule has 0 fully saturated rings. The standard InChI is InChI=1S/C37H49F2N3O6/c1-6-11-42(12-7-2)37(45)29-14-26(18-33(48-5)24-46-3)13-28(20-29)36(44)41-34(19-27-15-30(38)21-31(39)16-27)35(43)23-40-22-25-9-8-10-32(17-25)47-4/h8-10,13-17,20-21,33-35,40,43H,6-7,11-12,18-19,22-24H2,1-5H3,(H,41,44)/t33?,34-,35+/m0/s1. The summed E-state index contributed by atoms with van der Waals surface area (Å²) in [6, 6.07) is 14.6. The van der Waals surface area contributed by atoms with Gasteiger partial charge in [-0.1, -0.05) is 26.0 Å². The van der Waals surface area contributed by atoms with E-state index >= 15 is 0 Å². The van der Waals surface area contributed by atoms with Gasteiger partial charge in [-0.3, -0.25) is 9.59 Å². The van der Waals surface area contributed by atoms with Crippen molar-refractivity contribution in [2.24, 2.45) is 0 Å². The average Bonchev–Trinajstić information content (AvgIpc) is 3.06. The molecule has 0 heterocycles. The first-order chi connectivity index (χ1) is 23.1. The third kappa shape index (κ3) is 12.0. The smallest absolute Gasteiger partial charge is 0.253 e. The van der Waals surface area contributed by atoms with Crippen LogP contribution >= 0.6 is 0 Å². The number of halogens is 2. The number of carbonyl (C=O) groups is 2. The van der Waals surface area contributed by atoms with Crippen molar-refractivity contribution in [1.82, 2.24) is 15.5 Å². The van der Waals surface area contributed by atoms with Gasteiger partial charge in [0.1, 0.15) is 17.4 Å². The number of aliphatic hydroxyl groups is 1. The molecule has 0 radical (unpaired) electrons. The molecule has 0 aliphatic carbocycles. The third-order valence-corrected chi connectivity index (χ3v) is 7.90. The quantitative estimate of drug-likeness (QED) is 0.157. The molecule has 48 heavy (non-hydrogen) atoms. The molecule has 0 bridgehead atoms. The van der Waals surface area contributed by atoms with Crippen LogP contribution in [0.4, 0.5) is 8.78 Å². The lowest BCUT2D eigenvalue weighted by atomic mass is 9.98. The Morgan fingerprint density at radius 1 is 0.854 bits per heavy atom. The summed E-state index contributed by atoms with van der Waals surface area (Å²) >= 11 is 0. The van der Waals surface area contributed by atoms with Crippen molar-refractivity contribution in [1.29, 1.82) is 0 Å². The molecule has 3 aromatic rings. The molecule has 9 nitrogen and oxygen atoms in total. The van der Waals surface area contributed by atoms with Gasteiger partial charge in [0, 0.05) is 64.0 Å². The second-order valence-electron chi connectivity index (χ2n) is 11.8. The molecule has 11 heteroatoms. The Labute approximate surface area is 282 Å². The van der Waals surface area contributed by atoms with Crippen LogP contribution in [0.3, 0.4) is 0 Å². The summed E-state index contributed by atoms with van der Waals surface area (Å²) in [4.78, 5) is 29.3. The van der Waals surface area contributed by atoms with Gasteiger partial charge in [0.05, 0.1) is 32.0 Å². The second kappa shape index (κ2) is 19.8. The summed E-state index contributed by atoms with van der Waals surface area (Å²) in [6.07, 6.45) is 0.449. The lowest BCUT2D eigenvalue weighted by Crippen LogP contribution is -2.48. The molecule has 1 unspecified atom stereocenters. The topological polar surface area (TPSA) is 109 Å². The maximum absolute atomic E-state index is 14.1. The molecular formula is C37H49F2N3O6. The zero-order valence-electron chi connectivity index (χ0n) is 28.6. The maximum Gasteiger partial charge on any atom is 0.253 e. The number of ether oxygens (including phenoxy) is 3. The number of aliphatic hydroxyl groups excluding tert-OH is 1. The predicted molar refractivity (Wildman–Crippen MR) is 181 cm³/mol. The van der Waals surface area contributed by atoms with Crippen molar-refractivity contribution < 1.29 is 37.7 Å². The highest BCUT2D eigenvalue weighted by Crippen LogP contribution is 2.19. The minimum atomic E-state index is -1.14. The fraction of sp³-hybridized carbons (Fsp3) is 0.459.